The molecule has 29 heavy (non-hydrogen) atoms. The van der Waals surface area contributed by atoms with E-state index in [9.17, 15) is 0 Å². The first-order chi connectivity index (χ1) is 14.1. The van der Waals surface area contributed by atoms with Crippen molar-refractivity contribution >= 4 is 13.9 Å². The fourth-order valence-corrected chi connectivity index (χ4v) is 5.29. The van der Waals surface area contributed by atoms with Crippen LogP contribution >= 0.6 is 8.58 Å². The molecule has 2 aromatic rings. The van der Waals surface area contributed by atoms with Crippen LogP contribution in [-0.4, -0.2) is 35.2 Å². The second kappa shape index (κ2) is 11.4. The summed E-state index contributed by atoms with van der Waals surface area (Å²) >= 11 is 0. The van der Waals surface area contributed by atoms with Crippen LogP contribution < -0.4 is 24.8 Å². The third kappa shape index (κ3) is 5.42. The minimum absolute atomic E-state index is 0.102. The number of benzene rings is 2. The summed E-state index contributed by atoms with van der Waals surface area (Å²) in [6.07, 6.45) is 1.94. The molecule has 1 N–H and O–H groups in total. The van der Waals surface area contributed by atoms with E-state index in [4.69, 9.17) is 18.9 Å². The Hall–Kier alpha value is -1.81. The van der Waals surface area contributed by atoms with Gasteiger partial charge in [-0.1, -0.05) is 46.7 Å². The van der Waals surface area contributed by atoms with Crippen molar-refractivity contribution in [2.45, 2.75) is 38.4 Å². The average Bonchev–Trinajstić information content (AvgIpc) is 2.77. The molecule has 0 saturated heterocycles. The lowest BCUT2D eigenvalue weighted by molar-refractivity contribution is 0.0478. The molecule has 0 aliphatic carbocycles. The lowest BCUT2D eigenvalue weighted by Gasteiger charge is -2.35. The molecule has 0 radical (unpaired) electrons. The summed E-state index contributed by atoms with van der Waals surface area (Å²) in [5.41, 5.74) is 2.43. The van der Waals surface area contributed by atoms with E-state index in [2.05, 4.69) is 49.5 Å². The molecule has 0 fully saturated rings. The molecule has 6 heteroatoms. The Kier molecular flexibility index (Phi) is 9.22. The third-order valence-electron chi connectivity index (χ3n) is 5.29. The smallest absolute Gasteiger partial charge is 0.188 e. The van der Waals surface area contributed by atoms with Crippen LogP contribution in [0.2, 0.25) is 0 Å². The lowest BCUT2D eigenvalue weighted by Crippen LogP contribution is -2.25. The molecule has 0 amide bonds. The molecular weight excluding hydrogens is 385 g/mol. The predicted molar refractivity (Wildman–Crippen MR) is 121 cm³/mol. The molecule has 0 aliphatic rings. The molecular formula is C23H34NO4P. The van der Waals surface area contributed by atoms with Crippen molar-refractivity contribution in [1.82, 2.24) is 5.32 Å². The third-order valence-corrected chi connectivity index (χ3v) is 7.50. The van der Waals surface area contributed by atoms with E-state index >= 15 is 0 Å². The largest absolute Gasteiger partial charge is 0.497 e. The SMILES string of the molecule is CCC(CC)(Pc1ccccc1CNC)c1cc(OC)cc(OC)c1OCOC. The van der Waals surface area contributed by atoms with Gasteiger partial charge in [-0.3, -0.25) is 0 Å². The normalized spacial score (nSPS) is 11.8. The summed E-state index contributed by atoms with van der Waals surface area (Å²) in [5.74, 6) is 2.16. The van der Waals surface area contributed by atoms with E-state index in [0.29, 0.717) is 14.3 Å². The molecule has 5 nitrogen and oxygen atoms in total. The highest BCUT2D eigenvalue weighted by Gasteiger charge is 2.35. The highest BCUT2D eigenvalue weighted by Crippen LogP contribution is 2.53. The van der Waals surface area contributed by atoms with E-state index in [1.807, 2.05) is 13.1 Å². The first-order valence-corrected chi connectivity index (χ1v) is 11.0. The zero-order valence-electron chi connectivity index (χ0n) is 18.4. The van der Waals surface area contributed by atoms with Gasteiger partial charge in [-0.05, 0) is 36.8 Å². The zero-order chi connectivity index (χ0) is 21.3. The molecule has 2 rings (SSSR count). The topological polar surface area (TPSA) is 49.0 Å². The Bertz CT molecular complexity index is 777. The van der Waals surface area contributed by atoms with Crippen LogP contribution in [0, 0.1) is 0 Å². The minimum atomic E-state index is -0.102. The molecule has 0 heterocycles. The molecule has 0 aliphatic heterocycles. The molecule has 160 valence electrons. The van der Waals surface area contributed by atoms with E-state index in [0.717, 1.165) is 36.4 Å². The lowest BCUT2D eigenvalue weighted by atomic mass is 9.91. The maximum absolute atomic E-state index is 6.02. The van der Waals surface area contributed by atoms with Gasteiger partial charge < -0.3 is 24.3 Å². The summed E-state index contributed by atoms with van der Waals surface area (Å²) in [7, 11) is 7.52. The van der Waals surface area contributed by atoms with Gasteiger partial charge in [0.1, 0.15) is 5.75 Å². The number of nitrogens with one attached hydrogen (secondary N) is 1. The Morgan fingerprint density at radius 1 is 1.00 bits per heavy atom. The number of hydrogen-bond acceptors (Lipinski definition) is 5. The number of methoxy groups -OCH3 is 3. The summed E-state index contributed by atoms with van der Waals surface area (Å²) < 4.78 is 22.4. The van der Waals surface area contributed by atoms with Crippen LogP contribution in [0.5, 0.6) is 17.2 Å². The quantitative estimate of drug-likeness (QED) is 0.408. The van der Waals surface area contributed by atoms with Crippen molar-refractivity contribution < 1.29 is 18.9 Å². The zero-order valence-corrected chi connectivity index (χ0v) is 19.4. The minimum Gasteiger partial charge on any atom is -0.497 e. The predicted octanol–water partition coefficient (Wildman–Crippen LogP) is 4.43. The number of rotatable bonds is 12. The first kappa shape index (κ1) is 23.5. The van der Waals surface area contributed by atoms with Crippen molar-refractivity contribution in [3.63, 3.8) is 0 Å². The van der Waals surface area contributed by atoms with Crippen molar-refractivity contribution in [1.29, 1.82) is 0 Å². The Balaban J connectivity index is 2.64. The van der Waals surface area contributed by atoms with Gasteiger partial charge in [-0.25, -0.2) is 0 Å². The summed E-state index contributed by atoms with van der Waals surface area (Å²) in [6.45, 7) is 5.49. The van der Waals surface area contributed by atoms with E-state index < -0.39 is 0 Å². The second-order valence-electron chi connectivity index (χ2n) is 6.86. The van der Waals surface area contributed by atoms with Crippen LogP contribution in [0.4, 0.5) is 0 Å². The fraction of sp³-hybridized carbons (Fsp3) is 0.478. The van der Waals surface area contributed by atoms with E-state index in [1.165, 1.54) is 10.9 Å². The van der Waals surface area contributed by atoms with Gasteiger partial charge in [-0.2, -0.15) is 0 Å². The summed E-state index contributed by atoms with van der Waals surface area (Å²) in [4.78, 5) is 0. The Morgan fingerprint density at radius 3 is 2.31 bits per heavy atom. The second-order valence-corrected chi connectivity index (χ2v) is 8.60. The van der Waals surface area contributed by atoms with Gasteiger partial charge in [0.25, 0.3) is 0 Å². The van der Waals surface area contributed by atoms with Gasteiger partial charge in [0.15, 0.2) is 18.3 Å². The maximum Gasteiger partial charge on any atom is 0.188 e. The molecule has 0 aromatic heterocycles. The van der Waals surface area contributed by atoms with E-state index in [1.54, 1.807) is 21.3 Å². The van der Waals surface area contributed by atoms with Crippen molar-refractivity contribution in [3.8, 4) is 17.2 Å². The molecule has 1 atom stereocenters. The molecule has 1 unspecified atom stereocenters. The van der Waals surface area contributed by atoms with Crippen molar-refractivity contribution in [2.24, 2.45) is 0 Å². The van der Waals surface area contributed by atoms with Gasteiger partial charge in [0.05, 0.1) is 14.2 Å². The highest BCUT2D eigenvalue weighted by molar-refractivity contribution is 7.48. The van der Waals surface area contributed by atoms with Crippen LogP contribution in [-0.2, 0) is 16.4 Å². The standard InChI is InChI=1S/C23H34NO4P/c1-7-23(8-2,29-21-12-10-9-11-17(21)15-24-3)19-13-18(26-5)14-20(27-6)22(19)28-16-25-4/h9-14,24,29H,7-8,15-16H2,1-6H3. The monoisotopic (exact) mass is 419 g/mol. The summed E-state index contributed by atoms with van der Waals surface area (Å²) in [5, 5.41) is 4.55. The van der Waals surface area contributed by atoms with Crippen LogP contribution in [0.25, 0.3) is 0 Å². The molecule has 0 saturated carbocycles. The van der Waals surface area contributed by atoms with Crippen molar-refractivity contribution in [3.05, 3.63) is 47.5 Å². The first-order valence-electron chi connectivity index (χ1n) is 9.97. The van der Waals surface area contributed by atoms with E-state index in [-0.39, 0.29) is 11.9 Å². The molecule has 0 bridgehead atoms. The number of ether oxygens (including phenoxy) is 4. The molecule has 0 spiro atoms. The van der Waals surface area contributed by atoms with Crippen LogP contribution in [0.15, 0.2) is 36.4 Å². The Labute approximate surface area is 176 Å². The van der Waals surface area contributed by atoms with Crippen LogP contribution in [0.1, 0.15) is 37.8 Å². The maximum atomic E-state index is 6.02. The highest BCUT2D eigenvalue weighted by atomic mass is 31.1. The molecule has 2 aromatic carbocycles. The van der Waals surface area contributed by atoms with Gasteiger partial charge in [0, 0.05) is 30.4 Å². The van der Waals surface area contributed by atoms with Crippen LogP contribution in [0.3, 0.4) is 0 Å². The fourth-order valence-electron chi connectivity index (χ4n) is 3.59. The van der Waals surface area contributed by atoms with Gasteiger partial charge in [0.2, 0.25) is 0 Å². The average molecular weight is 420 g/mol. The van der Waals surface area contributed by atoms with Crippen molar-refractivity contribution in [2.75, 3.05) is 35.2 Å². The summed E-state index contributed by atoms with van der Waals surface area (Å²) in [6, 6.07) is 12.6. The Morgan fingerprint density at radius 2 is 1.72 bits per heavy atom. The van der Waals surface area contributed by atoms with Gasteiger partial charge in [-0.15, -0.1) is 0 Å². The number of hydrogen-bond donors (Lipinski definition) is 1. The van der Waals surface area contributed by atoms with Gasteiger partial charge >= 0.3 is 0 Å².